The van der Waals surface area contributed by atoms with E-state index < -0.39 is 6.04 Å². The number of halogens is 1. The van der Waals surface area contributed by atoms with Crippen molar-refractivity contribution in [2.45, 2.75) is 26.4 Å². The molecule has 6 heteroatoms. The van der Waals surface area contributed by atoms with Crippen molar-refractivity contribution in [3.8, 4) is 0 Å². The maximum atomic E-state index is 12.7. The van der Waals surface area contributed by atoms with E-state index in [9.17, 15) is 14.0 Å². The van der Waals surface area contributed by atoms with Crippen LogP contribution in [0.15, 0.2) is 24.3 Å². The van der Waals surface area contributed by atoms with Gasteiger partial charge < -0.3 is 16.0 Å². The van der Waals surface area contributed by atoms with Crippen LogP contribution in [0.5, 0.6) is 0 Å². The Kier molecular flexibility index (Phi) is 6.11. The third-order valence-corrected chi connectivity index (χ3v) is 2.82. The second-order valence-electron chi connectivity index (χ2n) is 4.54. The number of benzene rings is 1. The lowest BCUT2D eigenvalue weighted by Crippen LogP contribution is -2.46. The highest BCUT2D eigenvalue weighted by molar-refractivity contribution is 5.87. The minimum absolute atomic E-state index is 0.0297. The topological polar surface area (TPSA) is 75.4 Å². The summed E-state index contributed by atoms with van der Waals surface area (Å²) in [5.74, 6) is -0.852. The van der Waals surface area contributed by atoms with Gasteiger partial charge in [-0.1, -0.05) is 12.1 Å². The van der Waals surface area contributed by atoms with Crippen molar-refractivity contribution in [3.63, 3.8) is 0 Å². The molecule has 1 atom stereocenters. The average molecular weight is 281 g/mol. The van der Waals surface area contributed by atoms with Gasteiger partial charge >= 0.3 is 0 Å². The number of hydrogen-bond acceptors (Lipinski definition) is 3. The van der Waals surface area contributed by atoms with Gasteiger partial charge in [0.15, 0.2) is 0 Å². The van der Waals surface area contributed by atoms with E-state index in [1.807, 2.05) is 0 Å². The summed E-state index contributed by atoms with van der Waals surface area (Å²) in [6.07, 6.45) is 0. The molecule has 0 aliphatic carbocycles. The molecule has 1 rings (SSSR count). The van der Waals surface area contributed by atoms with Crippen LogP contribution in [-0.2, 0) is 16.1 Å². The van der Waals surface area contributed by atoms with Crippen LogP contribution in [0.4, 0.5) is 4.39 Å². The molecule has 0 heterocycles. The van der Waals surface area contributed by atoms with E-state index in [0.717, 1.165) is 5.56 Å². The van der Waals surface area contributed by atoms with Gasteiger partial charge in [-0.2, -0.15) is 0 Å². The lowest BCUT2D eigenvalue weighted by Gasteiger charge is -2.22. The first kappa shape index (κ1) is 16.1. The molecule has 1 aromatic carbocycles. The number of carbonyl (C=O) groups is 2. The van der Waals surface area contributed by atoms with Gasteiger partial charge in [0.25, 0.3) is 0 Å². The van der Waals surface area contributed by atoms with Crippen LogP contribution in [0.25, 0.3) is 0 Å². The van der Waals surface area contributed by atoms with Crippen LogP contribution in [-0.4, -0.2) is 35.8 Å². The predicted molar refractivity (Wildman–Crippen MR) is 74.2 cm³/mol. The number of amides is 2. The molecular weight excluding hydrogens is 261 g/mol. The summed E-state index contributed by atoms with van der Waals surface area (Å²) in [7, 11) is 0. The van der Waals surface area contributed by atoms with E-state index in [-0.39, 0.29) is 24.2 Å². The number of nitrogens with one attached hydrogen (secondary N) is 1. The minimum Gasteiger partial charge on any atom is -0.350 e. The molecular formula is C14H20FN3O2. The Morgan fingerprint density at radius 1 is 1.35 bits per heavy atom. The summed E-state index contributed by atoms with van der Waals surface area (Å²) in [5, 5.41) is 2.68. The summed E-state index contributed by atoms with van der Waals surface area (Å²) in [6.45, 7) is 4.06. The maximum absolute atomic E-state index is 12.7. The van der Waals surface area contributed by atoms with Gasteiger partial charge in [-0.05, 0) is 31.5 Å². The third kappa shape index (κ3) is 4.97. The largest absolute Gasteiger partial charge is 0.350 e. The van der Waals surface area contributed by atoms with E-state index in [0.29, 0.717) is 13.1 Å². The first-order valence-electron chi connectivity index (χ1n) is 6.49. The fraction of sp³-hybridized carbons (Fsp3) is 0.429. The Morgan fingerprint density at radius 3 is 2.45 bits per heavy atom. The first-order chi connectivity index (χ1) is 9.43. The number of nitrogens with zero attached hydrogens (tertiary/aromatic N) is 1. The molecule has 0 spiro atoms. The van der Waals surface area contributed by atoms with Gasteiger partial charge in [0.1, 0.15) is 5.82 Å². The summed E-state index contributed by atoms with van der Waals surface area (Å²) in [5.41, 5.74) is 6.30. The fourth-order valence-electron chi connectivity index (χ4n) is 1.67. The average Bonchev–Trinajstić information content (AvgIpc) is 2.43. The molecule has 5 nitrogen and oxygen atoms in total. The normalized spacial score (nSPS) is 11.8. The zero-order valence-electron chi connectivity index (χ0n) is 11.7. The fourth-order valence-corrected chi connectivity index (χ4v) is 1.67. The highest BCUT2D eigenvalue weighted by Gasteiger charge is 2.18. The summed E-state index contributed by atoms with van der Waals surface area (Å²) in [4.78, 5) is 24.9. The van der Waals surface area contributed by atoms with Crippen molar-refractivity contribution < 1.29 is 14.0 Å². The number of nitrogens with two attached hydrogens (primary N) is 1. The summed E-state index contributed by atoms with van der Waals surface area (Å²) in [6, 6.07) is 5.24. The number of hydrogen-bond donors (Lipinski definition) is 2. The highest BCUT2D eigenvalue weighted by atomic mass is 19.1. The third-order valence-electron chi connectivity index (χ3n) is 2.82. The summed E-state index contributed by atoms with van der Waals surface area (Å²) < 4.78 is 12.7. The van der Waals surface area contributed by atoms with Gasteiger partial charge in [0, 0.05) is 13.1 Å². The Morgan fingerprint density at radius 2 is 1.95 bits per heavy atom. The van der Waals surface area contributed by atoms with Crippen LogP contribution >= 0.6 is 0 Å². The first-order valence-corrected chi connectivity index (χ1v) is 6.49. The molecule has 0 aliphatic rings. The maximum Gasteiger partial charge on any atom is 0.239 e. The van der Waals surface area contributed by atoms with Gasteiger partial charge in [-0.25, -0.2) is 4.39 Å². The van der Waals surface area contributed by atoms with E-state index >= 15 is 0 Å². The molecule has 20 heavy (non-hydrogen) atoms. The molecule has 0 aliphatic heterocycles. The van der Waals surface area contributed by atoms with E-state index in [4.69, 9.17) is 5.73 Å². The molecule has 0 unspecified atom stereocenters. The van der Waals surface area contributed by atoms with E-state index in [2.05, 4.69) is 5.32 Å². The Bertz CT molecular complexity index is 460. The molecule has 0 fully saturated rings. The van der Waals surface area contributed by atoms with Crippen molar-refractivity contribution in [1.82, 2.24) is 10.2 Å². The standard InChI is InChI=1S/C14H20FN3O2/c1-3-18(14(20)10(2)16)9-13(19)17-8-11-4-6-12(15)7-5-11/h4-7,10H,3,8-9,16H2,1-2H3,(H,17,19)/t10-/m0/s1. The summed E-state index contributed by atoms with van der Waals surface area (Å²) >= 11 is 0. The van der Waals surface area contributed by atoms with Crippen molar-refractivity contribution in [1.29, 1.82) is 0 Å². The van der Waals surface area contributed by atoms with Gasteiger partial charge in [-0.3, -0.25) is 9.59 Å². The van der Waals surface area contributed by atoms with Gasteiger partial charge in [0.05, 0.1) is 12.6 Å². The smallest absolute Gasteiger partial charge is 0.239 e. The Balaban J connectivity index is 2.46. The van der Waals surface area contributed by atoms with Gasteiger partial charge in [0.2, 0.25) is 11.8 Å². The van der Waals surface area contributed by atoms with Crippen LogP contribution in [0.3, 0.4) is 0 Å². The van der Waals surface area contributed by atoms with Crippen molar-refractivity contribution >= 4 is 11.8 Å². The quantitative estimate of drug-likeness (QED) is 0.803. The second-order valence-corrected chi connectivity index (χ2v) is 4.54. The Hall–Kier alpha value is -1.95. The van der Waals surface area contributed by atoms with Crippen LogP contribution < -0.4 is 11.1 Å². The molecule has 0 radical (unpaired) electrons. The molecule has 2 amide bonds. The zero-order chi connectivity index (χ0) is 15.1. The van der Waals surface area contributed by atoms with Crippen LogP contribution in [0, 0.1) is 5.82 Å². The molecule has 1 aromatic rings. The van der Waals surface area contributed by atoms with E-state index in [1.54, 1.807) is 26.0 Å². The van der Waals surface area contributed by atoms with Crippen molar-refractivity contribution in [3.05, 3.63) is 35.6 Å². The molecule has 0 aromatic heterocycles. The minimum atomic E-state index is -0.625. The van der Waals surface area contributed by atoms with Crippen LogP contribution in [0.2, 0.25) is 0 Å². The lowest BCUT2D eigenvalue weighted by molar-refractivity contribution is -0.136. The van der Waals surface area contributed by atoms with E-state index in [1.165, 1.54) is 17.0 Å². The highest BCUT2D eigenvalue weighted by Crippen LogP contribution is 2.02. The number of rotatable bonds is 6. The number of likely N-dealkylation sites (N-methyl/N-ethyl adjacent to an activating group) is 1. The molecule has 0 saturated carbocycles. The van der Waals surface area contributed by atoms with Crippen molar-refractivity contribution in [2.75, 3.05) is 13.1 Å². The molecule has 110 valence electrons. The lowest BCUT2D eigenvalue weighted by atomic mass is 10.2. The molecule has 0 bridgehead atoms. The van der Waals surface area contributed by atoms with Crippen LogP contribution in [0.1, 0.15) is 19.4 Å². The molecule has 0 saturated heterocycles. The van der Waals surface area contributed by atoms with Gasteiger partial charge in [-0.15, -0.1) is 0 Å². The Labute approximate surface area is 117 Å². The second kappa shape index (κ2) is 7.59. The number of carbonyl (C=O) groups excluding carboxylic acids is 2. The SMILES string of the molecule is CCN(CC(=O)NCc1ccc(F)cc1)C(=O)[C@H](C)N. The monoisotopic (exact) mass is 281 g/mol. The predicted octanol–water partition coefficient (Wildman–Crippen LogP) is 0.638. The molecule has 3 N–H and O–H groups in total. The zero-order valence-corrected chi connectivity index (χ0v) is 11.7. The van der Waals surface area contributed by atoms with Crippen molar-refractivity contribution in [2.24, 2.45) is 5.73 Å².